The molecule has 4 N–H and O–H groups in total. The third-order valence-electron chi connectivity index (χ3n) is 7.29. The number of nitriles is 1. The lowest BCUT2D eigenvalue weighted by Gasteiger charge is -2.19. The van der Waals surface area contributed by atoms with Crippen LogP contribution in [0, 0.1) is 11.3 Å². The summed E-state index contributed by atoms with van der Waals surface area (Å²) in [7, 11) is 0. The molecule has 2 aromatic carbocycles. The number of fused-ring (bicyclic) bond motifs is 1. The van der Waals surface area contributed by atoms with Crippen molar-refractivity contribution in [3.05, 3.63) is 83.8 Å². The Morgan fingerprint density at radius 3 is 2.57 bits per heavy atom. The minimum atomic E-state index is -0.328. The normalized spacial score (nSPS) is 16.2. The predicted molar refractivity (Wildman–Crippen MR) is 165 cm³/mol. The van der Waals surface area contributed by atoms with E-state index in [1.165, 1.54) is 18.6 Å². The van der Waals surface area contributed by atoms with Crippen LogP contribution >= 0.6 is 0 Å². The van der Waals surface area contributed by atoms with Gasteiger partial charge in [0, 0.05) is 35.7 Å². The fourth-order valence-corrected chi connectivity index (χ4v) is 5.03. The van der Waals surface area contributed by atoms with Crippen LogP contribution in [0.15, 0.2) is 72.7 Å². The minimum Gasteiger partial charge on any atom is -0.486 e. The fraction of sp³-hybridized carbons (Fsp3) is 0.250. The van der Waals surface area contributed by atoms with Crippen molar-refractivity contribution in [2.45, 2.75) is 25.4 Å². The first-order chi connectivity index (χ1) is 21.6. The number of hydrogen-bond acceptors (Lipinski definition) is 10. The summed E-state index contributed by atoms with van der Waals surface area (Å²) in [5.74, 6) is 0.0186. The SMILES string of the molecule is N#Cc1cnc2cc(OC3CCOC3)c(NC(=O)C=C3CCNCC3)cc2c1Nc1cnc(NC(=O)c2ccccc2)nc1. The van der Waals surface area contributed by atoms with Gasteiger partial charge in [0.05, 0.1) is 53.7 Å². The number of ether oxygens (including phenoxy) is 2. The number of nitrogens with zero attached hydrogens (tertiary/aromatic N) is 4. The molecule has 12 heteroatoms. The van der Waals surface area contributed by atoms with E-state index in [4.69, 9.17) is 9.47 Å². The lowest BCUT2D eigenvalue weighted by molar-refractivity contribution is -0.112. The molecule has 0 radical (unpaired) electrons. The Hall–Kier alpha value is -5.38. The lowest BCUT2D eigenvalue weighted by Crippen LogP contribution is -2.24. The quantitative estimate of drug-likeness (QED) is 0.218. The van der Waals surface area contributed by atoms with E-state index in [0.717, 1.165) is 37.9 Å². The Morgan fingerprint density at radius 2 is 1.84 bits per heavy atom. The highest BCUT2D eigenvalue weighted by molar-refractivity contribution is 6.05. The zero-order chi connectivity index (χ0) is 30.3. The van der Waals surface area contributed by atoms with Crippen molar-refractivity contribution in [2.24, 2.45) is 0 Å². The van der Waals surface area contributed by atoms with Gasteiger partial charge >= 0.3 is 0 Å². The molecule has 4 heterocycles. The summed E-state index contributed by atoms with van der Waals surface area (Å²) in [5, 5.41) is 22.7. The van der Waals surface area contributed by atoms with Crippen molar-refractivity contribution in [1.29, 1.82) is 5.26 Å². The van der Waals surface area contributed by atoms with Crippen LogP contribution in [0.4, 0.5) is 23.0 Å². The minimum absolute atomic E-state index is 0.134. The number of aromatic nitrogens is 3. The highest BCUT2D eigenvalue weighted by Gasteiger charge is 2.22. The van der Waals surface area contributed by atoms with Gasteiger partial charge in [-0.25, -0.2) is 9.97 Å². The van der Waals surface area contributed by atoms with Crippen molar-refractivity contribution >= 4 is 45.7 Å². The molecular weight excluding hydrogens is 560 g/mol. The van der Waals surface area contributed by atoms with E-state index in [-0.39, 0.29) is 29.4 Å². The molecule has 2 aromatic heterocycles. The van der Waals surface area contributed by atoms with Crippen molar-refractivity contribution in [3.8, 4) is 11.8 Å². The number of piperidine rings is 1. The second-order valence-corrected chi connectivity index (χ2v) is 10.4. The van der Waals surface area contributed by atoms with Crippen LogP contribution in [0.5, 0.6) is 5.75 Å². The zero-order valence-corrected chi connectivity index (χ0v) is 23.8. The van der Waals surface area contributed by atoms with Crippen molar-refractivity contribution in [1.82, 2.24) is 20.3 Å². The molecule has 2 aliphatic rings. The first-order valence-corrected chi connectivity index (χ1v) is 14.3. The molecule has 2 fully saturated rings. The molecule has 1 unspecified atom stereocenters. The van der Waals surface area contributed by atoms with Gasteiger partial charge < -0.3 is 25.4 Å². The number of pyridine rings is 1. The summed E-state index contributed by atoms with van der Waals surface area (Å²) >= 11 is 0. The van der Waals surface area contributed by atoms with Crippen LogP contribution in [-0.4, -0.2) is 59.2 Å². The van der Waals surface area contributed by atoms with Crippen LogP contribution in [0.2, 0.25) is 0 Å². The average molecular weight is 591 g/mol. The van der Waals surface area contributed by atoms with E-state index in [2.05, 4.69) is 42.3 Å². The van der Waals surface area contributed by atoms with Crippen LogP contribution in [0.1, 0.15) is 35.2 Å². The smallest absolute Gasteiger partial charge is 0.258 e. The number of nitrogens with one attached hydrogen (secondary N) is 4. The van der Waals surface area contributed by atoms with Gasteiger partial charge in [-0.15, -0.1) is 0 Å². The van der Waals surface area contributed by atoms with Crippen molar-refractivity contribution in [2.75, 3.05) is 42.3 Å². The molecule has 0 spiro atoms. The van der Waals surface area contributed by atoms with Gasteiger partial charge in [0.1, 0.15) is 17.9 Å². The maximum Gasteiger partial charge on any atom is 0.258 e. The van der Waals surface area contributed by atoms with Gasteiger partial charge in [-0.1, -0.05) is 23.8 Å². The number of hydrogen-bond donors (Lipinski definition) is 4. The van der Waals surface area contributed by atoms with Crippen LogP contribution in [-0.2, 0) is 9.53 Å². The van der Waals surface area contributed by atoms with Crippen molar-refractivity contribution in [3.63, 3.8) is 0 Å². The largest absolute Gasteiger partial charge is 0.486 e. The molecule has 2 saturated heterocycles. The summed E-state index contributed by atoms with van der Waals surface area (Å²) < 4.78 is 11.7. The summed E-state index contributed by atoms with van der Waals surface area (Å²) in [4.78, 5) is 38.6. The van der Waals surface area contributed by atoms with Crippen LogP contribution < -0.4 is 26.0 Å². The van der Waals surface area contributed by atoms with Gasteiger partial charge in [-0.05, 0) is 44.1 Å². The van der Waals surface area contributed by atoms with E-state index >= 15 is 0 Å². The number of carbonyl (C=O) groups is 2. The Labute approximate surface area is 253 Å². The molecule has 1 atom stereocenters. The average Bonchev–Trinajstić information content (AvgIpc) is 3.56. The summed E-state index contributed by atoms with van der Waals surface area (Å²) in [6, 6.07) is 14.5. The van der Waals surface area contributed by atoms with Crippen LogP contribution in [0.25, 0.3) is 10.9 Å². The molecule has 6 rings (SSSR count). The fourth-order valence-electron chi connectivity index (χ4n) is 5.03. The predicted octanol–water partition coefficient (Wildman–Crippen LogP) is 4.31. The Bertz CT molecular complexity index is 1740. The maximum atomic E-state index is 13.1. The molecule has 44 heavy (non-hydrogen) atoms. The molecule has 12 nitrogen and oxygen atoms in total. The van der Waals surface area contributed by atoms with Gasteiger partial charge in [-0.2, -0.15) is 5.26 Å². The Balaban J connectivity index is 1.30. The van der Waals surface area contributed by atoms with Crippen LogP contribution in [0.3, 0.4) is 0 Å². The maximum absolute atomic E-state index is 13.1. The second-order valence-electron chi connectivity index (χ2n) is 10.4. The first kappa shape index (κ1) is 28.7. The summed E-state index contributed by atoms with van der Waals surface area (Å²) in [6.45, 7) is 2.74. The van der Waals surface area contributed by atoms with Gasteiger partial charge in [0.2, 0.25) is 11.9 Å². The standard InChI is InChI=1S/C32H30N8O4/c33-15-22-16-35-26-14-28(44-24-8-11-43-19-24)27(39-29(41)12-20-6-9-34-10-7-20)13-25(26)30(22)38-23-17-36-32(37-18-23)40-31(42)21-4-2-1-3-5-21/h1-5,12-14,16-18,24,34H,6-11,19H2,(H,35,38)(H,39,41)(H,36,37,40,42). The Morgan fingerprint density at radius 1 is 1.05 bits per heavy atom. The van der Waals surface area contributed by atoms with Gasteiger partial charge in [0.15, 0.2) is 0 Å². The van der Waals surface area contributed by atoms with Gasteiger partial charge in [0.25, 0.3) is 5.91 Å². The van der Waals surface area contributed by atoms with E-state index in [9.17, 15) is 14.9 Å². The number of carbonyl (C=O) groups excluding carboxylic acids is 2. The topological polar surface area (TPSA) is 163 Å². The lowest BCUT2D eigenvalue weighted by atomic mass is 10.0. The Kier molecular flexibility index (Phi) is 8.67. The molecule has 2 aliphatic heterocycles. The highest BCUT2D eigenvalue weighted by atomic mass is 16.5. The molecule has 0 saturated carbocycles. The highest BCUT2D eigenvalue weighted by Crippen LogP contribution is 2.37. The summed E-state index contributed by atoms with van der Waals surface area (Å²) in [6.07, 6.45) is 8.34. The molecule has 222 valence electrons. The summed E-state index contributed by atoms with van der Waals surface area (Å²) in [5.41, 5.74) is 3.80. The molecular formula is C32H30N8O4. The number of benzene rings is 2. The number of amides is 2. The zero-order valence-electron chi connectivity index (χ0n) is 23.8. The monoisotopic (exact) mass is 590 g/mol. The molecule has 0 bridgehead atoms. The molecule has 2 amide bonds. The third-order valence-corrected chi connectivity index (χ3v) is 7.29. The van der Waals surface area contributed by atoms with Crippen molar-refractivity contribution < 1.29 is 19.1 Å². The molecule has 0 aliphatic carbocycles. The first-order valence-electron chi connectivity index (χ1n) is 14.3. The molecule has 4 aromatic rings. The second kappa shape index (κ2) is 13.3. The van der Waals surface area contributed by atoms with E-state index < -0.39 is 0 Å². The van der Waals surface area contributed by atoms with E-state index in [1.807, 2.05) is 6.07 Å². The number of rotatable bonds is 8. The van der Waals surface area contributed by atoms with E-state index in [1.54, 1.807) is 42.5 Å². The van der Waals surface area contributed by atoms with Gasteiger partial charge in [-0.3, -0.25) is 19.9 Å². The number of anilines is 4. The van der Waals surface area contributed by atoms with E-state index in [0.29, 0.717) is 52.5 Å². The third kappa shape index (κ3) is 6.81.